The Labute approximate surface area is 107 Å². The number of amides is 1. The average molecular weight is 245 g/mol. The van der Waals surface area contributed by atoms with Crippen molar-refractivity contribution in [2.45, 2.75) is 31.7 Å². The van der Waals surface area contributed by atoms with Crippen LogP contribution < -0.4 is 15.8 Å². The van der Waals surface area contributed by atoms with Crippen molar-refractivity contribution in [1.82, 2.24) is 10.7 Å². The molecule has 0 bridgehead atoms. The number of carbonyl (C=O) groups excluding carboxylic acids is 1. The third-order valence-corrected chi connectivity index (χ3v) is 3.73. The van der Waals surface area contributed by atoms with Gasteiger partial charge in [-0.15, -0.1) is 0 Å². The van der Waals surface area contributed by atoms with E-state index in [0.29, 0.717) is 12.5 Å². The minimum absolute atomic E-state index is 0.115. The predicted molar refractivity (Wildman–Crippen MR) is 71.3 cm³/mol. The lowest BCUT2D eigenvalue weighted by Crippen LogP contribution is -2.34. The number of nitrogens with zero attached hydrogens (tertiary/aromatic N) is 1. The molecule has 4 nitrogen and oxygen atoms in total. The Morgan fingerprint density at radius 2 is 2.22 bits per heavy atom. The van der Waals surface area contributed by atoms with Crippen LogP contribution in [0.4, 0.5) is 5.69 Å². The van der Waals surface area contributed by atoms with Crippen molar-refractivity contribution in [1.29, 1.82) is 0 Å². The van der Waals surface area contributed by atoms with Crippen molar-refractivity contribution in [2.75, 3.05) is 18.1 Å². The van der Waals surface area contributed by atoms with Gasteiger partial charge in [0.1, 0.15) is 0 Å². The van der Waals surface area contributed by atoms with Crippen LogP contribution in [0.25, 0.3) is 0 Å². The molecular formula is C14H19N3O. The van der Waals surface area contributed by atoms with E-state index in [0.717, 1.165) is 25.2 Å². The second kappa shape index (κ2) is 4.98. The summed E-state index contributed by atoms with van der Waals surface area (Å²) < 4.78 is 0. The molecule has 2 saturated heterocycles. The summed E-state index contributed by atoms with van der Waals surface area (Å²) in [6.45, 7) is 1.90. The first-order valence-corrected chi connectivity index (χ1v) is 6.71. The first-order valence-electron chi connectivity index (χ1n) is 6.71. The van der Waals surface area contributed by atoms with Crippen molar-refractivity contribution in [3.63, 3.8) is 0 Å². The number of hydrogen-bond acceptors (Lipinski definition) is 3. The van der Waals surface area contributed by atoms with Crippen LogP contribution in [0.1, 0.15) is 24.8 Å². The third kappa shape index (κ3) is 2.34. The van der Waals surface area contributed by atoms with Gasteiger partial charge in [-0.1, -0.05) is 18.2 Å². The zero-order chi connectivity index (χ0) is 12.4. The number of para-hydroxylation sites is 1. The lowest BCUT2D eigenvalue weighted by atomic mass is 10.0. The van der Waals surface area contributed by atoms with Crippen LogP contribution in [0.3, 0.4) is 0 Å². The molecule has 3 rings (SSSR count). The molecule has 0 spiro atoms. The maximum Gasteiger partial charge on any atom is 0.240 e. The van der Waals surface area contributed by atoms with Gasteiger partial charge >= 0.3 is 0 Å². The van der Waals surface area contributed by atoms with Crippen LogP contribution >= 0.6 is 0 Å². The number of rotatable bonds is 3. The molecular weight excluding hydrogens is 226 g/mol. The molecule has 2 aliphatic heterocycles. The maximum absolute atomic E-state index is 11.3. The Kier molecular flexibility index (Phi) is 3.19. The number of hydrazine groups is 1. The van der Waals surface area contributed by atoms with Crippen molar-refractivity contribution in [3.05, 3.63) is 29.8 Å². The van der Waals surface area contributed by atoms with Gasteiger partial charge in [0.05, 0.1) is 5.69 Å². The standard InChI is InChI=1S/C14H19N3O/c18-14-7-9-17(16-14)13-6-2-1-4-11(13)10-12-5-3-8-15-12/h1-2,4,6,12,15H,3,5,7-10H2,(H,16,18). The van der Waals surface area contributed by atoms with Crippen LogP contribution in [0.15, 0.2) is 24.3 Å². The van der Waals surface area contributed by atoms with E-state index >= 15 is 0 Å². The number of benzene rings is 1. The molecule has 2 aliphatic rings. The number of hydrogen-bond donors (Lipinski definition) is 2. The fourth-order valence-electron chi connectivity index (χ4n) is 2.80. The summed E-state index contributed by atoms with van der Waals surface area (Å²) in [5.41, 5.74) is 5.38. The van der Waals surface area contributed by atoms with E-state index in [1.165, 1.54) is 18.4 Å². The summed E-state index contributed by atoms with van der Waals surface area (Å²) >= 11 is 0. The molecule has 2 fully saturated rings. The van der Waals surface area contributed by atoms with Gasteiger partial charge in [-0.2, -0.15) is 0 Å². The van der Waals surface area contributed by atoms with E-state index in [-0.39, 0.29) is 5.91 Å². The van der Waals surface area contributed by atoms with E-state index in [2.05, 4.69) is 28.9 Å². The summed E-state index contributed by atoms with van der Waals surface area (Å²) in [6, 6.07) is 8.96. The zero-order valence-electron chi connectivity index (χ0n) is 10.5. The Bertz CT molecular complexity index is 440. The first kappa shape index (κ1) is 11.5. The lowest BCUT2D eigenvalue weighted by molar-refractivity contribution is -0.119. The molecule has 4 heteroatoms. The van der Waals surface area contributed by atoms with Gasteiger partial charge < -0.3 is 5.32 Å². The molecule has 96 valence electrons. The predicted octanol–water partition coefficient (Wildman–Crippen LogP) is 1.22. The number of anilines is 1. The summed E-state index contributed by atoms with van der Waals surface area (Å²) in [4.78, 5) is 11.3. The van der Waals surface area contributed by atoms with Crippen molar-refractivity contribution in [3.8, 4) is 0 Å². The van der Waals surface area contributed by atoms with Gasteiger partial charge in [0.2, 0.25) is 5.91 Å². The van der Waals surface area contributed by atoms with Gasteiger partial charge in [-0.25, -0.2) is 0 Å². The maximum atomic E-state index is 11.3. The molecule has 1 aromatic rings. The normalized spacial score (nSPS) is 23.4. The Balaban J connectivity index is 1.78. The summed E-state index contributed by atoms with van der Waals surface area (Å²) in [5.74, 6) is 0.115. The molecule has 0 aromatic heterocycles. The van der Waals surface area contributed by atoms with Crippen LogP contribution in [0.5, 0.6) is 0 Å². The van der Waals surface area contributed by atoms with E-state index in [1.54, 1.807) is 0 Å². The van der Waals surface area contributed by atoms with Gasteiger partial charge in [-0.05, 0) is 37.4 Å². The van der Waals surface area contributed by atoms with Gasteiger partial charge in [0, 0.05) is 19.0 Å². The highest BCUT2D eigenvalue weighted by molar-refractivity contribution is 5.81. The summed E-state index contributed by atoms with van der Waals surface area (Å²) in [5, 5.41) is 5.50. The fraction of sp³-hybridized carbons (Fsp3) is 0.500. The molecule has 1 atom stereocenters. The summed E-state index contributed by atoms with van der Waals surface area (Å²) in [7, 11) is 0. The van der Waals surface area contributed by atoms with Crippen LogP contribution in [0, 0.1) is 0 Å². The molecule has 1 unspecified atom stereocenters. The average Bonchev–Trinajstić information content (AvgIpc) is 3.02. The highest BCUT2D eigenvalue weighted by Crippen LogP contribution is 2.24. The Morgan fingerprint density at radius 1 is 1.33 bits per heavy atom. The van der Waals surface area contributed by atoms with Crippen molar-refractivity contribution >= 4 is 11.6 Å². The second-order valence-corrected chi connectivity index (χ2v) is 5.06. The number of carbonyl (C=O) groups is 1. The second-order valence-electron chi connectivity index (χ2n) is 5.06. The first-order chi connectivity index (χ1) is 8.83. The van der Waals surface area contributed by atoms with Crippen LogP contribution in [-0.2, 0) is 11.2 Å². The lowest BCUT2D eigenvalue weighted by Gasteiger charge is -2.22. The van der Waals surface area contributed by atoms with Gasteiger partial charge in [0.15, 0.2) is 0 Å². The van der Waals surface area contributed by atoms with Crippen LogP contribution in [0.2, 0.25) is 0 Å². The quantitative estimate of drug-likeness (QED) is 0.841. The zero-order valence-corrected chi connectivity index (χ0v) is 10.5. The molecule has 1 amide bonds. The molecule has 2 N–H and O–H groups in total. The largest absolute Gasteiger partial charge is 0.314 e. The molecule has 0 aliphatic carbocycles. The van der Waals surface area contributed by atoms with Crippen LogP contribution in [-0.4, -0.2) is 25.0 Å². The number of nitrogens with one attached hydrogen (secondary N) is 2. The summed E-state index contributed by atoms with van der Waals surface area (Å²) in [6.07, 6.45) is 4.16. The SMILES string of the molecule is O=C1CCN(c2ccccc2CC2CCCN2)N1. The highest BCUT2D eigenvalue weighted by atomic mass is 16.2. The van der Waals surface area contributed by atoms with Gasteiger partial charge in [-0.3, -0.25) is 15.2 Å². The molecule has 0 saturated carbocycles. The Morgan fingerprint density at radius 3 is 2.94 bits per heavy atom. The van der Waals surface area contributed by atoms with Gasteiger partial charge in [0.25, 0.3) is 0 Å². The smallest absolute Gasteiger partial charge is 0.240 e. The highest BCUT2D eigenvalue weighted by Gasteiger charge is 2.22. The molecule has 2 heterocycles. The molecule has 0 radical (unpaired) electrons. The molecule has 1 aromatic carbocycles. The minimum Gasteiger partial charge on any atom is -0.314 e. The third-order valence-electron chi connectivity index (χ3n) is 3.73. The van der Waals surface area contributed by atoms with E-state index in [9.17, 15) is 4.79 Å². The van der Waals surface area contributed by atoms with E-state index < -0.39 is 0 Å². The van der Waals surface area contributed by atoms with E-state index in [4.69, 9.17) is 0 Å². The minimum atomic E-state index is 0.115. The Hall–Kier alpha value is -1.55. The monoisotopic (exact) mass is 245 g/mol. The van der Waals surface area contributed by atoms with Crippen molar-refractivity contribution < 1.29 is 4.79 Å². The topological polar surface area (TPSA) is 44.4 Å². The van der Waals surface area contributed by atoms with E-state index in [1.807, 2.05) is 11.1 Å². The molecule has 18 heavy (non-hydrogen) atoms. The fourth-order valence-corrected chi connectivity index (χ4v) is 2.80. The van der Waals surface area contributed by atoms with Crippen molar-refractivity contribution in [2.24, 2.45) is 0 Å².